The van der Waals surface area contributed by atoms with Crippen molar-refractivity contribution in [1.29, 1.82) is 0 Å². The standard InChI is InChI=1S/C24H18Cl2N4O2S/c1-15(16-4-7-22-23(11-16)32-10-9-31-22)29-30-21(19-6-5-17(25)12-20(19)26)14-33-24(30)28-18-3-2-8-27-13-18/h2-8,11-14H,9-10H2,1H3. The molecule has 0 spiro atoms. The van der Waals surface area contributed by atoms with Gasteiger partial charge in [-0.2, -0.15) is 5.10 Å². The Labute approximate surface area is 204 Å². The number of fused-ring (bicyclic) bond motifs is 1. The fourth-order valence-electron chi connectivity index (χ4n) is 3.36. The van der Waals surface area contributed by atoms with Crippen LogP contribution in [0, 0.1) is 0 Å². The van der Waals surface area contributed by atoms with E-state index in [1.807, 2.05) is 48.7 Å². The summed E-state index contributed by atoms with van der Waals surface area (Å²) in [4.78, 5) is 9.58. The smallest absolute Gasteiger partial charge is 0.211 e. The minimum atomic E-state index is 0.527. The van der Waals surface area contributed by atoms with Crippen molar-refractivity contribution in [2.24, 2.45) is 10.1 Å². The SMILES string of the molecule is CC(=Nn1c(-c2ccc(Cl)cc2Cl)csc1=Nc1cccnc1)c1ccc2c(c1)OCCO2. The highest BCUT2D eigenvalue weighted by Crippen LogP contribution is 2.32. The fourth-order valence-corrected chi connectivity index (χ4v) is 4.71. The van der Waals surface area contributed by atoms with Gasteiger partial charge in [-0.1, -0.05) is 23.2 Å². The van der Waals surface area contributed by atoms with Crippen LogP contribution in [0.1, 0.15) is 12.5 Å². The molecule has 0 saturated carbocycles. The molecule has 2 aromatic heterocycles. The highest BCUT2D eigenvalue weighted by atomic mass is 35.5. The van der Waals surface area contributed by atoms with Crippen molar-refractivity contribution >= 4 is 45.9 Å². The second-order valence-electron chi connectivity index (χ2n) is 7.21. The summed E-state index contributed by atoms with van der Waals surface area (Å²) in [7, 11) is 0. The Hall–Kier alpha value is -3.13. The van der Waals surface area contributed by atoms with E-state index in [-0.39, 0.29) is 0 Å². The largest absolute Gasteiger partial charge is 0.486 e. The first-order chi connectivity index (χ1) is 16.1. The fraction of sp³-hybridized carbons (Fsp3) is 0.125. The lowest BCUT2D eigenvalue weighted by atomic mass is 10.1. The van der Waals surface area contributed by atoms with E-state index in [1.54, 1.807) is 29.2 Å². The highest BCUT2D eigenvalue weighted by Gasteiger charge is 2.15. The third-order valence-electron chi connectivity index (χ3n) is 4.97. The van der Waals surface area contributed by atoms with Crippen LogP contribution in [0.2, 0.25) is 10.0 Å². The van der Waals surface area contributed by atoms with E-state index in [1.165, 1.54) is 11.3 Å². The van der Waals surface area contributed by atoms with Crippen LogP contribution >= 0.6 is 34.5 Å². The summed E-state index contributed by atoms with van der Waals surface area (Å²) in [6.45, 7) is 3.02. The summed E-state index contributed by atoms with van der Waals surface area (Å²) in [5, 5.41) is 8.00. The molecule has 3 heterocycles. The van der Waals surface area contributed by atoms with Crippen LogP contribution in [0.5, 0.6) is 11.5 Å². The van der Waals surface area contributed by atoms with Crippen molar-refractivity contribution < 1.29 is 9.47 Å². The van der Waals surface area contributed by atoms with Gasteiger partial charge in [-0.15, -0.1) is 11.3 Å². The van der Waals surface area contributed by atoms with Crippen molar-refractivity contribution in [3.05, 3.63) is 86.7 Å². The molecule has 33 heavy (non-hydrogen) atoms. The molecule has 0 fully saturated rings. The van der Waals surface area contributed by atoms with Gasteiger partial charge in [0.2, 0.25) is 4.80 Å². The number of pyridine rings is 1. The maximum atomic E-state index is 6.53. The minimum Gasteiger partial charge on any atom is -0.486 e. The van der Waals surface area contributed by atoms with Crippen LogP contribution in [0.3, 0.4) is 0 Å². The third kappa shape index (κ3) is 4.66. The molecule has 6 nitrogen and oxygen atoms in total. The number of nitrogens with zero attached hydrogens (tertiary/aromatic N) is 4. The van der Waals surface area contributed by atoms with Crippen molar-refractivity contribution in [1.82, 2.24) is 9.66 Å². The van der Waals surface area contributed by atoms with Gasteiger partial charge in [0.05, 0.1) is 28.3 Å². The number of thiazole rings is 1. The predicted molar refractivity (Wildman–Crippen MR) is 132 cm³/mol. The van der Waals surface area contributed by atoms with Crippen molar-refractivity contribution in [2.75, 3.05) is 13.2 Å². The molecule has 166 valence electrons. The van der Waals surface area contributed by atoms with Gasteiger partial charge < -0.3 is 9.47 Å². The molecule has 0 radical (unpaired) electrons. The molecular formula is C24H18Cl2N4O2S. The molecule has 0 aliphatic carbocycles. The Morgan fingerprint density at radius 2 is 1.91 bits per heavy atom. The number of hydrogen-bond donors (Lipinski definition) is 0. The van der Waals surface area contributed by atoms with Gasteiger partial charge in [0.15, 0.2) is 11.5 Å². The summed E-state index contributed by atoms with van der Waals surface area (Å²) in [6, 6.07) is 14.9. The molecule has 0 atom stereocenters. The summed E-state index contributed by atoms with van der Waals surface area (Å²) in [6.07, 6.45) is 3.42. The zero-order valence-electron chi connectivity index (χ0n) is 17.5. The van der Waals surface area contributed by atoms with Crippen LogP contribution < -0.4 is 14.3 Å². The molecule has 1 aliphatic heterocycles. The summed E-state index contributed by atoms with van der Waals surface area (Å²) >= 11 is 14.1. The molecule has 0 amide bonds. The van der Waals surface area contributed by atoms with Crippen LogP contribution in [0.25, 0.3) is 11.3 Å². The van der Waals surface area contributed by atoms with E-state index >= 15 is 0 Å². The van der Waals surface area contributed by atoms with Crippen LogP contribution in [0.15, 0.2) is 76.4 Å². The van der Waals surface area contributed by atoms with E-state index < -0.39 is 0 Å². The molecule has 0 saturated heterocycles. The number of hydrogen-bond acceptors (Lipinski definition) is 6. The predicted octanol–water partition coefficient (Wildman–Crippen LogP) is 6.19. The lowest BCUT2D eigenvalue weighted by molar-refractivity contribution is 0.171. The molecule has 4 aromatic rings. The van der Waals surface area contributed by atoms with E-state index in [9.17, 15) is 0 Å². The first-order valence-electron chi connectivity index (χ1n) is 10.1. The van der Waals surface area contributed by atoms with Gasteiger partial charge in [-0.3, -0.25) is 4.98 Å². The first-order valence-corrected chi connectivity index (χ1v) is 11.8. The monoisotopic (exact) mass is 496 g/mol. The second kappa shape index (κ2) is 9.39. The van der Waals surface area contributed by atoms with Crippen LogP contribution in [-0.4, -0.2) is 28.6 Å². The number of benzene rings is 2. The lowest BCUT2D eigenvalue weighted by Gasteiger charge is -2.18. The Bertz CT molecular complexity index is 1410. The zero-order chi connectivity index (χ0) is 22.8. The zero-order valence-corrected chi connectivity index (χ0v) is 19.9. The maximum Gasteiger partial charge on any atom is 0.211 e. The normalized spacial score (nSPS) is 13.9. The number of aromatic nitrogens is 2. The molecule has 0 unspecified atom stereocenters. The van der Waals surface area contributed by atoms with Crippen LogP contribution in [-0.2, 0) is 0 Å². The van der Waals surface area contributed by atoms with E-state index in [0.717, 1.165) is 34.0 Å². The van der Waals surface area contributed by atoms with E-state index in [4.69, 9.17) is 42.8 Å². The van der Waals surface area contributed by atoms with Crippen molar-refractivity contribution in [2.45, 2.75) is 6.92 Å². The Morgan fingerprint density at radius 3 is 2.70 bits per heavy atom. The van der Waals surface area contributed by atoms with Gasteiger partial charge in [-0.25, -0.2) is 9.67 Å². The van der Waals surface area contributed by atoms with Crippen LogP contribution in [0.4, 0.5) is 5.69 Å². The van der Waals surface area contributed by atoms with Crippen molar-refractivity contribution in [3.8, 4) is 22.8 Å². The summed E-state index contributed by atoms with van der Waals surface area (Å²) in [5.41, 5.74) is 4.04. The molecule has 0 bridgehead atoms. The summed E-state index contributed by atoms with van der Waals surface area (Å²) < 4.78 is 13.2. The molecule has 0 N–H and O–H groups in total. The second-order valence-corrected chi connectivity index (χ2v) is 8.89. The van der Waals surface area contributed by atoms with E-state index in [2.05, 4.69) is 4.98 Å². The first kappa shape index (κ1) is 21.7. The average molecular weight is 497 g/mol. The molecular weight excluding hydrogens is 479 g/mol. The number of halogens is 2. The van der Waals surface area contributed by atoms with Gasteiger partial charge in [-0.05, 0) is 55.5 Å². The lowest BCUT2D eigenvalue weighted by Crippen LogP contribution is -2.16. The number of ether oxygens (including phenoxy) is 2. The van der Waals surface area contributed by atoms with Crippen molar-refractivity contribution in [3.63, 3.8) is 0 Å². The molecule has 9 heteroatoms. The van der Waals surface area contributed by atoms with Gasteiger partial charge in [0.1, 0.15) is 13.2 Å². The Balaban J connectivity index is 1.65. The average Bonchev–Trinajstić information content (AvgIpc) is 3.21. The van der Waals surface area contributed by atoms with E-state index in [0.29, 0.717) is 33.8 Å². The highest BCUT2D eigenvalue weighted by molar-refractivity contribution is 7.07. The number of rotatable bonds is 4. The third-order valence-corrected chi connectivity index (χ3v) is 6.34. The van der Waals surface area contributed by atoms with Gasteiger partial charge in [0.25, 0.3) is 0 Å². The maximum absolute atomic E-state index is 6.53. The van der Waals surface area contributed by atoms with Gasteiger partial charge in [0, 0.05) is 27.7 Å². The molecule has 5 rings (SSSR count). The van der Waals surface area contributed by atoms with Gasteiger partial charge >= 0.3 is 0 Å². The minimum absolute atomic E-state index is 0.527. The Morgan fingerprint density at radius 1 is 1.06 bits per heavy atom. The molecule has 2 aromatic carbocycles. The molecule has 1 aliphatic rings. The quantitative estimate of drug-likeness (QED) is 0.316. The topological polar surface area (TPSA) is 61.0 Å². The summed E-state index contributed by atoms with van der Waals surface area (Å²) in [5.74, 6) is 1.45. The Kier molecular flexibility index (Phi) is 6.17.